The topological polar surface area (TPSA) is 50.4 Å². The molecule has 3 rings (SSSR count). The first-order valence-electron chi connectivity index (χ1n) is 12.0. The molecule has 1 aliphatic heterocycles. The van der Waals surface area contributed by atoms with E-state index >= 15 is 0 Å². The van der Waals surface area contributed by atoms with Gasteiger partial charge in [-0.3, -0.25) is 0 Å². The number of carbonyl (C=O) groups excluding carboxylic acids is 1. The van der Waals surface area contributed by atoms with Crippen molar-refractivity contribution < 1.29 is 9.53 Å². The normalized spacial score (nSPS) is 18.9. The zero-order chi connectivity index (χ0) is 24.2. The largest absolute Gasteiger partial charge is 0.445 e. The third-order valence-electron chi connectivity index (χ3n) is 6.49. The molecule has 0 aromatic heterocycles. The van der Waals surface area contributed by atoms with Gasteiger partial charge in [0.2, 0.25) is 0 Å². The lowest BCUT2D eigenvalue weighted by molar-refractivity contribution is 0.154. The molecule has 4 heteroatoms. The molecule has 0 spiro atoms. The molecule has 1 aliphatic rings. The van der Waals surface area contributed by atoms with E-state index < -0.39 is 0 Å². The van der Waals surface area contributed by atoms with E-state index in [1.807, 2.05) is 0 Å². The van der Waals surface area contributed by atoms with Crippen LogP contribution in [0, 0.1) is 0 Å². The van der Waals surface area contributed by atoms with Crippen LogP contribution in [0.5, 0.6) is 0 Å². The summed E-state index contributed by atoms with van der Waals surface area (Å²) in [4.78, 5) is 12.0. The summed E-state index contributed by atoms with van der Waals surface area (Å²) in [6, 6.07) is 18.3. The van der Waals surface area contributed by atoms with Crippen molar-refractivity contribution in [2.45, 2.75) is 76.8 Å². The van der Waals surface area contributed by atoms with Crippen molar-refractivity contribution in [1.82, 2.24) is 10.6 Å². The molecule has 0 saturated carbocycles. The highest BCUT2D eigenvalue weighted by Gasteiger charge is 2.33. The number of carbonyl (C=O) groups is 1. The molecule has 178 valence electrons. The lowest BCUT2D eigenvalue weighted by Gasteiger charge is -2.27. The highest BCUT2D eigenvalue weighted by atomic mass is 16.5. The number of hydrogen-bond donors (Lipinski definition) is 2. The fourth-order valence-electron chi connectivity index (χ4n) is 4.51. The van der Waals surface area contributed by atoms with Gasteiger partial charge in [0.25, 0.3) is 0 Å². The number of amides is 1. The summed E-state index contributed by atoms with van der Waals surface area (Å²) in [5.41, 5.74) is 5.48. The molecule has 33 heavy (non-hydrogen) atoms. The van der Waals surface area contributed by atoms with E-state index in [4.69, 9.17) is 4.74 Å². The second kappa shape index (κ2) is 10.1. The molecular weight excluding hydrogens is 408 g/mol. The predicted molar refractivity (Wildman–Crippen MR) is 137 cm³/mol. The van der Waals surface area contributed by atoms with Crippen LogP contribution in [0.4, 0.5) is 4.79 Å². The van der Waals surface area contributed by atoms with Crippen LogP contribution < -0.4 is 10.6 Å². The minimum Gasteiger partial charge on any atom is -0.445 e. The van der Waals surface area contributed by atoms with Crippen molar-refractivity contribution in [3.05, 3.63) is 83.4 Å². The van der Waals surface area contributed by atoms with E-state index in [1.165, 1.54) is 22.3 Å². The minimum absolute atomic E-state index is 0.0394. The molecular formula is C29H40N2O2. The second-order valence-electron chi connectivity index (χ2n) is 11.2. The van der Waals surface area contributed by atoms with Gasteiger partial charge in [0, 0.05) is 24.5 Å². The lowest BCUT2D eigenvalue weighted by atomic mass is 9.80. The van der Waals surface area contributed by atoms with Gasteiger partial charge in [-0.25, -0.2) is 4.79 Å². The first-order valence-corrected chi connectivity index (χ1v) is 12.0. The van der Waals surface area contributed by atoms with Gasteiger partial charge >= 0.3 is 6.09 Å². The maximum atomic E-state index is 12.0. The van der Waals surface area contributed by atoms with E-state index in [9.17, 15) is 4.79 Å². The second-order valence-corrected chi connectivity index (χ2v) is 11.2. The van der Waals surface area contributed by atoms with Crippen molar-refractivity contribution >= 4 is 6.09 Å². The van der Waals surface area contributed by atoms with E-state index in [-0.39, 0.29) is 41.5 Å². The smallest absolute Gasteiger partial charge is 0.407 e. The first-order chi connectivity index (χ1) is 15.5. The Kier molecular flexibility index (Phi) is 7.69. The molecule has 0 bridgehead atoms. The number of ether oxygens (including phenoxy) is 1. The fourth-order valence-corrected chi connectivity index (χ4v) is 4.51. The molecule has 4 nitrogen and oxygen atoms in total. The van der Waals surface area contributed by atoms with Gasteiger partial charge < -0.3 is 15.4 Å². The number of nitrogens with one attached hydrogen (secondary N) is 2. The van der Waals surface area contributed by atoms with Gasteiger partial charge in [-0.15, -0.1) is 0 Å². The Hall–Kier alpha value is -2.59. The SMILES string of the molecule is C=CCOC(=O)N[C@H]1CN[C@@H](C(c2ccc(C(C)(C)C)cc2)c2ccc(C(C)(C)C)cc2)C1. The Balaban J connectivity index is 1.86. The van der Waals surface area contributed by atoms with Crippen molar-refractivity contribution in [3.8, 4) is 0 Å². The fraction of sp³-hybridized carbons (Fsp3) is 0.483. The number of hydrogen-bond acceptors (Lipinski definition) is 3. The summed E-state index contributed by atoms with van der Waals surface area (Å²) in [6.07, 6.45) is 2.03. The predicted octanol–water partition coefficient (Wildman–Crippen LogP) is 6.06. The lowest BCUT2D eigenvalue weighted by Crippen LogP contribution is -2.36. The van der Waals surface area contributed by atoms with Crippen molar-refractivity contribution in [1.29, 1.82) is 0 Å². The molecule has 1 saturated heterocycles. The van der Waals surface area contributed by atoms with Crippen LogP contribution in [0.25, 0.3) is 0 Å². The van der Waals surface area contributed by atoms with Gasteiger partial charge in [0.1, 0.15) is 6.61 Å². The van der Waals surface area contributed by atoms with Crippen LogP contribution in [0.1, 0.15) is 76.1 Å². The number of rotatable bonds is 6. The highest BCUT2D eigenvalue weighted by Crippen LogP contribution is 2.35. The third-order valence-corrected chi connectivity index (χ3v) is 6.49. The number of benzene rings is 2. The molecule has 2 aromatic rings. The van der Waals surface area contributed by atoms with Crippen LogP contribution in [-0.4, -0.2) is 31.3 Å². The molecule has 2 atom stereocenters. The Labute approximate surface area is 199 Å². The van der Waals surface area contributed by atoms with Crippen LogP contribution in [-0.2, 0) is 15.6 Å². The quantitative estimate of drug-likeness (QED) is 0.529. The maximum absolute atomic E-state index is 12.0. The molecule has 0 aliphatic carbocycles. The summed E-state index contributed by atoms with van der Waals surface area (Å²) < 4.78 is 5.11. The van der Waals surface area contributed by atoms with Crippen LogP contribution in [0.2, 0.25) is 0 Å². The van der Waals surface area contributed by atoms with Crippen molar-refractivity contribution in [2.24, 2.45) is 0 Å². The Morgan fingerprint density at radius 2 is 1.48 bits per heavy atom. The zero-order valence-corrected chi connectivity index (χ0v) is 21.1. The maximum Gasteiger partial charge on any atom is 0.407 e. The minimum atomic E-state index is -0.386. The Morgan fingerprint density at radius 3 is 1.91 bits per heavy atom. The summed E-state index contributed by atoms with van der Waals surface area (Å²) in [5.74, 6) is 0.198. The summed E-state index contributed by atoms with van der Waals surface area (Å²) in [7, 11) is 0. The molecule has 0 unspecified atom stereocenters. The highest BCUT2D eigenvalue weighted by molar-refractivity contribution is 5.67. The molecule has 1 heterocycles. The van der Waals surface area contributed by atoms with Crippen LogP contribution >= 0.6 is 0 Å². The summed E-state index contributed by atoms with van der Waals surface area (Å²) >= 11 is 0. The molecule has 2 N–H and O–H groups in total. The average molecular weight is 449 g/mol. The van der Waals surface area contributed by atoms with Crippen LogP contribution in [0.3, 0.4) is 0 Å². The number of alkyl carbamates (subject to hydrolysis) is 1. The summed E-state index contributed by atoms with van der Waals surface area (Å²) in [6.45, 7) is 18.0. The van der Waals surface area contributed by atoms with Crippen molar-refractivity contribution in [2.75, 3.05) is 13.2 Å². The first kappa shape index (κ1) is 25.0. The average Bonchev–Trinajstić information content (AvgIpc) is 3.19. The van der Waals surface area contributed by atoms with E-state index in [2.05, 4.69) is 107 Å². The van der Waals surface area contributed by atoms with Crippen molar-refractivity contribution in [3.63, 3.8) is 0 Å². The Bertz CT molecular complexity index is 876. The van der Waals surface area contributed by atoms with E-state index in [1.54, 1.807) is 6.08 Å². The molecule has 1 fully saturated rings. The standard InChI is InChI=1S/C29H40N2O2/c1-8-17-33-27(32)31-24-18-25(30-19-24)26(20-9-13-22(14-10-20)28(2,3)4)21-11-15-23(16-12-21)29(5,6)7/h8-16,24-26,30H,1,17-19H2,2-7H3,(H,31,32)/t24-,25-/m1/s1. The van der Waals surface area contributed by atoms with Gasteiger partial charge in [-0.05, 0) is 39.5 Å². The van der Waals surface area contributed by atoms with E-state index in [0.717, 1.165) is 13.0 Å². The van der Waals surface area contributed by atoms with Gasteiger partial charge in [0.05, 0.1) is 0 Å². The molecule has 1 amide bonds. The van der Waals surface area contributed by atoms with E-state index in [0.29, 0.717) is 0 Å². The Morgan fingerprint density at radius 1 is 1.00 bits per heavy atom. The third kappa shape index (κ3) is 6.48. The molecule has 0 radical (unpaired) electrons. The van der Waals surface area contributed by atoms with Gasteiger partial charge in [-0.1, -0.05) is 103 Å². The van der Waals surface area contributed by atoms with Gasteiger partial charge in [-0.2, -0.15) is 0 Å². The monoisotopic (exact) mass is 448 g/mol. The van der Waals surface area contributed by atoms with Gasteiger partial charge in [0.15, 0.2) is 0 Å². The van der Waals surface area contributed by atoms with Crippen LogP contribution in [0.15, 0.2) is 61.2 Å². The zero-order valence-electron chi connectivity index (χ0n) is 21.1. The molecule has 2 aromatic carbocycles. The summed E-state index contributed by atoms with van der Waals surface area (Å²) in [5, 5.41) is 6.65.